The van der Waals surface area contributed by atoms with Crippen LogP contribution in [0.3, 0.4) is 0 Å². The van der Waals surface area contributed by atoms with Gasteiger partial charge >= 0.3 is 5.97 Å². The molecule has 0 saturated carbocycles. The van der Waals surface area contributed by atoms with Crippen molar-refractivity contribution in [3.63, 3.8) is 0 Å². The zero-order valence-corrected chi connectivity index (χ0v) is 18.2. The average Bonchev–Trinajstić information content (AvgIpc) is 3.18. The number of likely N-dealkylation sites (tertiary alicyclic amines) is 1. The number of ether oxygens (including phenoxy) is 1. The third-order valence-corrected chi connectivity index (χ3v) is 7.60. The molecule has 2 saturated heterocycles. The molecule has 2 aliphatic heterocycles. The van der Waals surface area contributed by atoms with E-state index < -0.39 is 34.4 Å². The SMILES string of the molecule is CC(C)c1ccc(S(=O)(=O)N2CCC(C(=O)OCC(=O)N3CCCC3=O)CC2)cc1. The molecule has 0 aliphatic carbocycles. The second-order valence-electron chi connectivity index (χ2n) is 8.05. The smallest absolute Gasteiger partial charge is 0.309 e. The fraction of sp³-hybridized carbons (Fsp3) is 0.571. The van der Waals surface area contributed by atoms with Gasteiger partial charge < -0.3 is 4.74 Å². The van der Waals surface area contributed by atoms with E-state index in [9.17, 15) is 22.8 Å². The number of esters is 1. The van der Waals surface area contributed by atoms with Crippen LogP contribution in [0, 0.1) is 5.92 Å². The van der Waals surface area contributed by atoms with E-state index >= 15 is 0 Å². The number of carbonyl (C=O) groups is 3. The van der Waals surface area contributed by atoms with Crippen molar-refractivity contribution >= 4 is 27.8 Å². The number of benzene rings is 1. The number of nitrogens with zero attached hydrogens (tertiary/aromatic N) is 2. The van der Waals surface area contributed by atoms with Crippen molar-refractivity contribution in [1.29, 1.82) is 0 Å². The zero-order valence-electron chi connectivity index (χ0n) is 17.4. The van der Waals surface area contributed by atoms with Gasteiger partial charge in [-0.05, 0) is 42.9 Å². The van der Waals surface area contributed by atoms with Crippen molar-refractivity contribution in [2.45, 2.75) is 50.3 Å². The molecular formula is C21H28N2O6S. The second kappa shape index (κ2) is 9.26. The highest BCUT2D eigenvalue weighted by atomic mass is 32.2. The van der Waals surface area contributed by atoms with Crippen LogP contribution in [0.1, 0.15) is 51.0 Å². The Hall–Kier alpha value is -2.26. The van der Waals surface area contributed by atoms with Gasteiger partial charge in [0, 0.05) is 26.1 Å². The van der Waals surface area contributed by atoms with Gasteiger partial charge in [-0.2, -0.15) is 4.31 Å². The van der Waals surface area contributed by atoms with Gasteiger partial charge in [0.05, 0.1) is 10.8 Å². The van der Waals surface area contributed by atoms with E-state index in [1.807, 2.05) is 26.0 Å². The topological polar surface area (TPSA) is 101 Å². The minimum Gasteiger partial charge on any atom is -0.455 e. The van der Waals surface area contributed by atoms with E-state index in [-0.39, 0.29) is 23.9 Å². The minimum absolute atomic E-state index is 0.215. The molecule has 30 heavy (non-hydrogen) atoms. The number of carbonyl (C=O) groups excluding carboxylic acids is 3. The number of piperidine rings is 1. The zero-order chi connectivity index (χ0) is 21.9. The molecule has 2 amide bonds. The summed E-state index contributed by atoms with van der Waals surface area (Å²) in [4.78, 5) is 37.2. The molecular weight excluding hydrogens is 408 g/mol. The van der Waals surface area contributed by atoms with E-state index in [0.29, 0.717) is 38.1 Å². The van der Waals surface area contributed by atoms with Gasteiger partial charge in [-0.25, -0.2) is 8.42 Å². The maximum atomic E-state index is 12.9. The normalized spacial score (nSPS) is 18.8. The average molecular weight is 437 g/mol. The third-order valence-electron chi connectivity index (χ3n) is 5.68. The fourth-order valence-electron chi connectivity index (χ4n) is 3.75. The number of amides is 2. The Kier molecular flexibility index (Phi) is 6.92. The van der Waals surface area contributed by atoms with E-state index in [2.05, 4.69) is 0 Å². The standard InChI is InChI=1S/C21H28N2O6S/c1-15(2)16-5-7-18(8-6-16)30(27,28)22-12-9-17(10-13-22)21(26)29-14-20(25)23-11-3-4-19(23)24/h5-8,15,17H,3-4,9-14H2,1-2H3. The van der Waals surface area contributed by atoms with Gasteiger partial charge in [0.15, 0.2) is 6.61 Å². The van der Waals surface area contributed by atoms with Crippen LogP contribution < -0.4 is 0 Å². The molecule has 0 atom stereocenters. The van der Waals surface area contributed by atoms with Crippen LogP contribution in [-0.4, -0.2) is 61.6 Å². The molecule has 0 bridgehead atoms. The molecule has 0 unspecified atom stereocenters. The molecule has 2 heterocycles. The highest BCUT2D eigenvalue weighted by Crippen LogP contribution is 2.26. The van der Waals surface area contributed by atoms with Crippen LogP contribution in [0.25, 0.3) is 0 Å². The Morgan fingerprint density at radius 1 is 1.10 bits per heavy atom. The maximum absolute atomic E-state index is 12.9. The molecule has 0 N–H and O–H groups in total. The summed E-state index contributed by atoms with van der Waals surface area (Å²) >= 11 is 0. The summed E-state index contributed by atoms with van der Waals surface area (Å²) in [5.41, 5.74) is 1.07. The fourth-order valence-corrected chi connectivity index (χ4v) is 5.22. The largest absolute Gasteiger partial charge is 0.455 e. The summed E-state index contributed by atoms with van der Waals surface area (Å²) in [5.74, 6) is -1.40. The molecule has 0 radical (unpaired) electrons. The summed E-state index contributed by atoms with van der Waals surface area (Å²) in [6, 6.07) is 6.89. The van der Waals surface area contributed by atoms with Crippen LogP contribution in [0.15, 0.2) is 29.2 Å². The van der Waals surface area contributed by atoms with Crippen LogP contribution >= 0.6 is 0 Å². The number of rotatable bonds is 6. The van der Waals surface area contributed by atoms with E-state index in [0.717, 1.165) is 10.5 Å². The summed E-state index contributed by atoms with van der Waals surface area (Å²) in [5, 5.41) is 0. The third kappa shape index (κ3) is 4.89. The molecule has 3 rings (SSSR count). The predicted octanol–water partition coefficient (Wildman–Crippen LogP) is 1.90. The molecule has 1 aromatic carbocycles. The molecule has 9 heteroatoms. The number of imide groups is 1. The first-order valence-electron chi connectivity index (χ1n) is 10.3. The summed E-state index contributed by atoms with van der Waals surface area (Å²) in [6.07, 6.45) is 1.64. The van der Waals surface area contributed by atoms with Crippen molar-refractivity contribution in [2.24, 2.45) is 5.92 Å². The van der Waals surface area contributed by atoms with Crippen molar-refractivity contribution in [1.82, 2.24) is 9.21 Å². The van der Waals surface area contributed by atoms with E-state index in [1.165, 1.54) is 4.31 Å². The molecule has 1 aromatic rings. The first-order chi connectivity index (χ1) is 14.2. The van der Waals surface area contributed by atoms with Crippen molar-refractivity contribution in [3.8, 4) is 0 Å². The highest BCUT2D eigenvalue weighted by molar-refractivity contribution is 7.89. The monoisotopic (exact) mass is 436 g/mol. The summed E-state index contributed by atoms with van der Waals surface area (Å²) < 4.78 is 32.2. The molecule has 2 aliphatic rings. The van der Waals surface area contributed by atoms with Gasteiger partial charge in [0.25, 0.3) is 5.91 Å². The quantitative estimate of drug-likeness (QED) is 0.632. The minimum atomic E-state index is -3.61. The van der Waals surface area contributed by atoms with Gasteiger partial charge in [-0.1, -0.05) is 26.0 Å². The first kappa shape index (κ1) is 22.4. The van der Waals surface area contributed by atoms with Gasteiger partial charge in [0.2, 0.25) is 15.9 Å². The van der Waals surface area contributed by atoms with Gasteiger partial charge in [-0.3, -0.25) is 19.3 Å². The van der Waals surface area contributed by atoms with E-state index in [1.54, 1.807) is 12.1 Å². The molecule has 0 spiro atoms. The predicted molar refractivity (Wildman–Crippen MR) is 109 cm³/mol. The maximum Gasteiger partial charge on any atom is 0.309 e. The van der Waals surface area contributed by atoms with Crippen molar-refractivity contribution < 1.29 is 27.5 Å². The van der Waals surface area contributed by atoms with Crippen LogP contribution in [0.5, 0.6) is 0 Å². The summed E-state index contributed by atoms with van der Waals surface area (Å²) in [6.45, 7) is 4.43. The summed E-state index contributed by atoms with van der Waals surface area (Å²) in [7, 11) is -3.61. The lowest BCUT2D eigenvalue weighted by Gasteiger charge is -2.30. The Balaban J connectivity index is 1.51. The van der Waals surface area contributed by atoms with Crippen LogP contribution in [-0.2, 0) is 29.1 Å². The number of hydrogen-bond acceptors (Lipinski definition) is 6. The van der Waals surface area contributed by atoms with E-state index in [4.69, 9.17) is 4.74 Å². The lowest BCUT2D eigenvalue weighted by molar-refractivity contribution is -0.158. The second-order valence-corrected chi connectivity index (χ2v) is 9.99. The Morgan fingerprint density at radius 2 is 1.73 bits per heavy atom. The van der Waals surface area contributed by atoms with Gasteiger partial charge in [0.1, 0.15) is 0 Å². The Morgan fingerprint density at radius 3 is 2.27 bits per heavy atom. The Labute approximate surface area is 177 Å². The van der Waals surface area contributed by atoms with Crippen molar-refractivity contribution in [2.75, 3.05) is 26.2 Å². The van der Waals surface area contributed by atoms with Crippen LogP contribution in [0.4, 0.5) is 0 Å². The highest BCUT2D eigenvalue weighted by Gasteiger charge is 2.34. The molecule has 164 valence electrons. The molecule has 2 fully saturated rings. The Bertz CT molecular complexity index is 902. The number of sulfonamides is 1. The van der Waals surface area contributed by atoms with Crippen molar-refractivity contribution in [3.05, 3.63) is 29.8 Å². The molecule has 0 aromatic heterocycles. The lowest BCUT2D eigenvalue weighted by Crippen LogP contribution is -2.41. The number of hydrogen-bond donors (Lipinski definition) is 0. The van der Waals surface area contributed by atoms with Gasteiger partial charge in [-0.15, -0.1) is 0 Å². The lowest BCUT2D eigenvalue weighted by atomic mass is 9.98. The van der Waals surface area contributed by atoms with Crippen LogP contribution in [0.2, 0.25) is 0 Å². The molecule has 8 nitrogen and oxygen atoms in total. The first-order valence-corrected chi connectivity index (χ1v) is 11.7.